The number of amides is 4. The van der Waals surface area contributed by atoms with Crippen LogP contribution >= 0.6 is 0 Å². The molecule has 3 aliphatic heterocycles. The van der Waals surface area contributed by atoms with Crippen LogP contribution in [0.15, 0.2) is 47.5 Å². The van der Waals surface area contributed by atoms with Gasteiger partial charge in [0.15, 0.2) is 0 Å². The predicted octanol–water partition coefficient (Wildman–Crippen LogP) is 4.65. The highest BCUT2D eigenvalue weighted by Gasteiger charge is 2.40. The van der Waals surface area contributed by atoms with Gasteiger partial charge < -0.3 is 15.5 Å². The first-order valence-corrected chi connectivity index (χ1v) is 14.3. The van der Waals surface area contributed by atoms with Gasteiger partial charge >= 0.3 is 6.03 Å². The summed E-state index contributed by atoms with van der Waals surface area (Å²) in [5.41, 5.74) is 5.04. The van der Waals surface area contributed by atoms with Crippen LogP contribution in [0.3, 0.4) is 0 Å². The molecule has 2 aliphatic carbocycles. The molecule has 0 aromatic heterocycles. The molecule has 2 bridgehead atoms. The number of rotatable bonds is 5. The average Bonchev–Trinajstić information content (AvgIpc) is 3.77. The second-order valence-corrected chi connectivity index (χ2v) is 11.7. The first kappa shape index (κ1) is 25.6. The number of hydrogen-bond donors (Lipinski definition) is 2. The van der Waals surface area contributed by atoms with Crippen molar-refractivity contribution in [3.05, 3.63) is 59.2 Å². The van der Waals surface area contributed by atoms with Crippen LogP contribution < -0.4 is 15.5 Å². The Bertz CT molecular complexity index is 1310. The smallest absolute Gasteiger partial charge is 0.321 e. The lowest BCUT2D eigenvalue weighted by atomic mass is 9.84. The Kier molecular flexibility index (Phi) is 6.87. The van der Waals surface area contributed by atoms with Gasteiger partial charge in [-0.25, -0.2) is 4.79 Å². The number of fused-ring (bicyclic) bond motifs is 5. The second-order valence-electron chi connectivity index (χ2n) is 11.7. The van der Waals surface area contributed by atoms with E-state index in [-0.39, 0.29) is 24.3 Å². The number of nitrogens with one attached hydrogen (secondary N) is 2. The molecule has 2 saturated carbocycles. The van der Waals surface area contributed by atoms with Gasteiger partial charge in [0.2, 0.25) is 12.1 Å². The van der Waals surface area contributed by atoms with Crippen molar-refractivity contribution in [3.63, 3.8) is 0 Å². The minimum absolute atomic E-state index is 0.0332. The summed E-state index contributed by atoms with van der Waals surface area (Å²) in [7, 11) is 0. The van der Waals surface area contributed by atoms with Gasteiger partial charge in [-0.2, -0.15) is 0 Å². The van der Waals surface area contributed by atoms with Gasteiger partial charge in [-0.3, -0.25) is 19.5 Å². The van der Waals surface area contributed by atoms with Crippen LogP contribution in [0.25, 0.3) is 0 Å². The number of benzodiazepines with no additional fused rings is 1. The Labute approximate surface area is 229 Å². The number of aryl methyl sites for hydroxylation is 2. The lowest BCUT2D eigenvalue weighted by Gasteiger charge is -2.30. The number of para-hydroxylation sites is 1. The number of carbonyl (C=O) groups is 3. The van der Waals surface area contributed by atoms with Crippen LogP contribution in [-0.2, 0) is 9.59 Å². The fourth-order valence-corrected chi connectivity index (χ4v) is 6.43. The molecule has 2 saturated heterocycles. The van der Waals surface area contributed by atoms with Crippen molar-refractivity contribution < 1.29 is 14.4 Å². The molecule has 7 rings (SSSR count). The topological polar surface area (TPSA) is 94.1 Å². The van der Waals surface area contributed by atoms with Crippen molar-refractivity contribution >= 4 is 34.9 Å². The van der Waals surface area contributed by atoms with Crippen molar-refractivity contribution in [2.45, 2.75) is 58.5 Å². The quantitative estimate of drug-likeness (QED) is 0.593. The fraction of sp³-hybridized carbons (Fsp3) is 0.484. The summed E-state index contributed by atoms with van der Waals surface area (Å²) in [6.45, 7) is 5.40. The van der Waals surface area contributed by atoms with Crippen LogP contribution in [-0.4, -0.2) is 54.3 Å². The lowest BCUT2D eigenvalue weighted by Crippen LogP contribution is -2.52. The number of benzene rings is 2. The zero-order valence-corrected chi connectivity index (χ0v) is 22.8. The van der Waals surface area contributed by atoms with Gasteiger partial charge in [-0.1, -0.05) is 30.3 Å². The maximum Gasteiger partial charge on any atom is 0.321 e. The SMILES string of the molecule is Cc1cccc(NC(=O)N[C@@H]2N=C(C3CC3)c3cccc(C)c3N(CC(=O)N3CC4CCC(CC4)C3)C2=O)c1. The highest BCUT2D eigenvalue weighted by Crippen LogP contribution is 2.40. The molecule has 4 fully saturated rings. The maximum atomic E-state index is 14.1. The summed E-state index contributed by atoms with van der Waals surface area (Å²) in [5, 5.41) is 5.64. The Morgan fingerprint density at radius 2 is 1.64 bits per heavy atom. The molecular formula is C31H37N5O3. The molecule has 2 N–H and O–H groups in total. The Balaban J connectivity index is 1.30. The molecule has 2 aromatic carbocycles. The Morgan fingerprint density at radius 1 is 0.949 bits per heavy atom. The number of carbonyl (C=O) groups excluding carboxylic acids is 3. The highest BCUT2D eigenvalue weighted by atomic mass is 16.2. The molecule has 0 spiro atoms. The van der Waals surface area contributed by atoms with Gasteiger partial charge in [-0.15, -0.1) is 0 Å². The lowest BCUT2D eigenvalue weighted by molar-refractivity contribution is -0.132. The summed E-state index contributed by atoms with van der Waals surface area (Å²) >= 11 is 0. The van der Waals surface area contributed by atoms with E-state index in [1.165, 1.54) is 25.7 Å². The fourth-order valence-electron chi connectivity index (χ4n) is 6.43. The van der Waals surface area contributed by atoms with E-state index in [0.717, 1.165) is 54.0 Å². The molecule has 3 heterocycles. The number of nitrogens with zero attached hydrogens (tertiary/aromatic N) is 3. The number of hydrogen-bond acceptors (Lipinski definition) is 4. The van der Waals surface area contributed by atoms with E-state index in [4.69, 9.17) is 4.99 Å². The number of aliphatic imine (C=N–C) groups is 1. The van der Waals surface area contributed by atoms with Crippen molar-refractivity contribution in [1.82, 2.24) is 10.2 Å². The molecule has 4 amide bonds. The van der Waals surface area contributed by atoms with E-state index < -0.39 is 12.2 Å². The zero-order chi connectivity index (χ0) is 27.1. The zero-order valence-electron chi connectivity index (χ0n) is 22.8. The molecular weight excluding hydrogens is 490 g/mol. The predicted molar refractivity (Wildman–Crippen MR) is 152 cm³/mol. The molecule has 204 valence electrons. The normalized spacial score (nSPS) is 24.4. The molecule has 1 atom stereocenters. The van der Waals surface area contributed by atoms with E-state index in [9.17, 15) is 14.4 Å². The van der Waals surface area contributed by atoms with Crippen molar-refractivity contribution in [3.8, 4) is 0 Å². The monoisotopic (exact) mass is 527 g/mol. The van der Waals surface area contributed by atoms with Crippen LogP contribution in [0, 0.1) is 31.6 Å². The van der Waals surface area contributed by atoms with E-state index in [2.05, 4.69) is 10.6 Å². The highest BCUT2D eigenvalue weighted by molar-refractivity contribution is 6.16. The van der Waals surface area contributed by atoms with Gasteiger partial charge in [0, 0.05) is 30.3 Å². The summed E-state index contributed by atoms with van der Waals surface area (Å²) in [6.07, 6.45) is 5.60. The number of anilines is 2. The molecule has 39 heavy (non-hydrogen) atoms. The van der Waals surface area contributed by atoms with E-state index >= 15 is 0 Å². The summed E-state index contributed by atoms with van der Waals surface area (Å²) in [6, 6.07) is 12.9. The first-order valence-electron chi connectivity index (χ1n) is 14.3. The molecule has 0 radical (unpaired) electrons. The van der Waals surface area contributed by atoms with Gasteiger partial charge in [0.05, 0.1) is 11.4 Å². The van der Waals surface area contributed by atoms with Crippen molar-refractivity contribution in [2.75, 3.05) is 29.9 Å². The first-order chi connectivity index (χ1) is 18.9. The van der Waals surface area contributed by atoms with Crippen LogP contribution in [0.2, 0.25) is 0 Å². The van der Waals surface area contributed by atoms with Crippen LogP contribution in [0.5, 0.6) is 0 Å². The summed E-state index contributed by atoms with van der Waals surface area (Å²) in [4.78, 5) is 49.3. The number of urea groups is 1. The molecule has 2 aromatic rings. The maximum absolute atomic E-state index is 14.1. The Hall–Kier alpha value is -3.68. The molecule has 8 heteroatoms. The van der Waals surface area contributed by atoms with Gasteiger partial charge in [0.25, 0.3) is 5.91 Å². The molecule has 0 unspecified atom stereocenters. The third kappa shape index (κ3) is 5.42. The van der Waals surface area contributed by atoms with Gasteiger partial charge in [0.1, 0.15) is 6.54 Å². The minimum Gasteiger partial charge on any atom is -0.341 e. The summed E-state index contributed by atoms with van der Waals surface area (Å²) < 4.78 is 0. The van der Waals surface area contributed by atoms with Crippen molar-refractivity contribution in [2.24, 2.45) is 22.7 Å². The van der Waals surface area contributed by atoms with Crippen LogP contribution in [0.4, 0.5) is 16.2 Å². The minimum atomic E-state index is -1.12. The van der Waals surface area contributed by atoms with E-state index in [1.54, 1.807) is 11.0 Å². The third-order valence-electron chi connectivity index (χ3n) is 8.63. The Morgan fingerprint density at radius 3 is 2.31 bits per heavy atom. The van der Waals surface area contributed by atoms with E-state index in [1.807, 2.05) is 55.1 Å². The van der Waals surface area contributed by atoms with Crippen molar-refractivity contribution in [1.29, 1.82) is 0 Å². The third-order valence-corrected chi connectivity index (χ3v) is 8.63. The van der Waals surface area contributed by atoms with Gasteiger partial charge in [-0.05, 0) is 87.5 Å². The summed E-state index contributed by atoms with van der Waals surface area (Å²) in [5.74, 6) is 0.928. The average molecular weight is 528 g/mol. The standard InChI is InChI=1S/C31H37N5O3/c1-19-5-3-7-24(15-19)32-31(39)34-29-30(38)36(18-26(37)35-16-21-9-10-22(17-35)12-11-21)28-20(2)6-4-8-25(28)27(33-29)23-13-14-23/h3-8,15,21-23,29H,9-14,16-18H2,1-2H3,(H2,32,34,39)/t21?,22?,29-/m0/s1. The van der Waals surface area contributed by atoms with Crippen LogP contribution in [0.1, 0.15) is 55.2 Å². The molecule has 8 nitrogen and oxygen atoms in total. The molecule has 5 aliphatic rings. The van der Waals surface area contributed by atoms with E-state index in [0.29, 0.717) is 17.5 Å². The largest absolute Gasteiger partial charge is 0.341 e. The second kappa shape index (κ2) is 10.5.